The van der Waals surface area contributed by atoms with Crippen molar-refractivity contribution in [2.75, 3.05) is 23.9 Å². The predicted molar refractivity (Wildman–Crippen MR) is 105 cm³/mol. The van der Waals surface area contributed by atoms with E-state index in [0.717, 1.165) is 5.69 Å². The summed E-state index contributed by atoms with van der Waals surface area (Å²) in [5, 5.41) is 13.3. The van der Waals surface area contributed by atoms with Crippen LogP contribution in [0.1, 0.15) is 11.5 Å². The molecule has 0 bridgehead atoms. The van der Waals surface area contributed by atoms with Crippen LogP contribution < -0.4 is 15.1 Å². The number of carbonyl (C=O) groups is 2. The molecule has 0 radical (unpaired) electrons. The number of nitro benzene ring substituents is 1. The van der Waals surface area contributed by atoms with E-state index in [-0.39, 0.29) is 10.8 Å². The van der Waals surface area contributed by atoms with Crippen molar-refractivity contribution >= 4 is 46.2 Å². The summed E-state index contributed by atoms with van der Waals surface area (Å²) in [6.07, 6.45) is 0. The van der Waals surface area contributed by atoms with E-state index in [0.29, 0.717) is 11.3 Å². The third-order valence-corrected chi connectivity index (χ3v) is 4.51. The Morgan fingerprint density at radius 2 is 1.67 bits per heavy atom. The van der Waals surface area contributed by atoms with Crippen LogP contribution >= 0.6 is 12.2 Å². The first-order valence-corrected chi connectivity index (χ1v) is 8.41. The van der Waals surface area contributed by atoms with E-state index in [1.54, 1.807) is 12.1 Å². The number of benzene rings is 2. The Morgan fingerprint density at radius 1 is 1.07 bits per heavy atom. The molecule has 1 saturated heterocycles. The Balaban J connectivity index is 1.94. The van der Waals surface area contributed by atoms with E-state index in [4.69, 9.17) is 12.2 Å². The Bertz CT molecular complexity index is 925. The van der Waals surface area contributed by atoms with Gasteiger partial charge in [0.05, 0.1) is 10.6 Å². The normalized spacial score (nSPS) is 16.9. The second-order valence-electron chi connectivity index (χ2n) is 6.16. The summed E-state index contributed by atoms with van der Waals surface area (Å²) in [7, 11) is 3.78. The lowest BCUT2D eigenvalue weighted by Gasteiger charge is -2.32. The second kappa shape index (κ2) is 7.12. The summed E-state index contributed by atoms with van der Waals surface area (Å²) in [5.41, 5.74) is 1.72. The molecular formula is C18H16N4O4S. The Hall–Kier alpha value is -3.33. The number of hydrogen-bond acceptors (Lipinski definition) is 6. The molecule has 0 saturated carbocycles. The largest absolute Gasteiger partial charge is 0.378 e. The van der Waals surface area contributed by atoms with Gasteiger partial charge in [0, 0.05) is 31.9 Å². The first-order chi connectivity index (χ1) is 12.8. The van der Waals surface area contributed by atoms with Gasteiger partial charge in [-0.15, -0.1) is 0 Å². The molecule has 1 unspecified atom stereocenters. The molecule has 8 nitrogen and oxygen atoms in total. The first-order valence-electron chi connectivity index (χ1n) is 8.00. The number of anilines is 2. The highest BCUT2D eigenvalue weighted by Gasteiger charge is 2.40. The average Bonchev–Trinajstić information content (AvgIpc) is 2.62. The Morgan fingerprint density at radius 3 is 2.19 bits per heavy atom. The number of hydrogen-bond donors (Lipinski definition) is 1. The van der Waals surface area contributed by atoms with Gasteiger partial charge in [-0.2, -0.15) is 0 Å². The summed E-state index contributed by atoms with van der Waals surface area (Å²) >= 11 is 5.14. The molecule has 0 aromatic heterocycles. The van der Waals surface area contributed by atoms with Crippen LogP contribution in [0, 0.1) is 10.1 Å². The molecule has 138 valence electrons. The standard InChI is InChI=1S/C18H16N4O4S/c1-20(2)12-5-3-11(4-6-12)15-16(23)19-18(27)21(17(15)24)13-7-9-14(10-8-13)22(25)26/h3-10,15H,1-2H3,(H,19,23,27). The number of nitrogens with one attached hydrogen (secondary N) is 1. The van der Waals surface area contributed by atoms with Crippen LogP contribution in [-0.2, 0) is 9.59 Å². The van der Waals surface area contributed by atoms with Crippen molar-refractivity contribution in [3.8, 4) is 0 Å². The highest BCUT2D eigenvalue weighted by Crippen LogP contribution is 2.29. The van der Waals surface area contributed by atoms with Crippen LogP contribution in [0.15, 0.2) is 48.5 Å². The van der Waals surface area contributed by atoms with E-state index < -0.39 is 22.7 Å². The molecule has 3 rings (SSSR count). The molecule has 1 aliphatic rings. The van der Waals surface area contributed by atoms with Gasteiger partial charge in [-0.1, -0.05) is 12.1 Å². The number of carbonyl (C=O) groups excluding carboxylic acids is 2. The first kappa shape index (κ1) is 18.5. The van der Waals surface area contributed by atoms with Gasteiger partial charge in [0.25, 0.3) is 5.69 Å². The number of amides is 2. The molecule has 0 aliphatic carbocycles. The fourth-order valence-electron chi connectivity index (χ4n) is 2.80. The van der Waals surface area contributed by atoms with Crippen LogP contribution in [0.25, 0.3) is 0 Å². The Kier molecular flexibility index (Phi) is 4.87. The molecule has 2 aromatic carbocycles. The van der Waals surface area contributed by atoms with E-state index in [1.807, 2.05) is 31.1 Å². The Labute approximate surface area is 160 Å². The van der Waals surface area contributed by atoms with Gasteiger partial charge in [0.1, 0.15) is 5.92 Å². The number of thiocarbonyl (C=S) groups is 1. The minimum absolute atomic E-state index is 0.0555. The number of rotatable bonds is 4. The minimum atomic E-state index is -1.05. The summed E-state index contributed by atoms with van der Waals surface area (Å²) in [6, 6.07) is 12.5. The molecule has 1 N–H and O–H groups in total. The SMILES string of the molecule is CN(C)c1ccc(C2C(=O)NC(=S)N(c3ccc([N+](=O)[O-])cc3)C2=O)cc1. The van der Waals surface area contributed by atoms with Crippen molar-refractivity contribution < 1.29 is 14.5 Å². The average molecular weight is 384 g/mol. The van der Waals surface area contributed by atoms with Gasteiger partial charge < -0.3 is 10.2 Å². The van der Waals surface area contributed by atoms with Crippen molar-refractivity contribution in [3.63, 3.8) is 0 Å². The zero-order chi connectivity index (χ0) is 19.7. The zero-order valence-electron chi connectivity index (χ0n) is 14.6. The maximum atomic E-state index is 13.0. The summed E-state index contributed by atoms with van der Waals surface area (Å²) in [6.45, 7) is 0. The zero-order valence-corrected chi connectivity index (χ0v) is 15.4. The van der Waals surface area contributed by atoms with Crippen LogP contribution in [0.3, 0.4) is 0 Å². The summed E-state index contributed by atoms with van der Waals surface area (Å²) < 4.78 is 0. The van der Waals surface area contributed by atoms with Crippen molar-refractivity contribution in [1.82, 2.24) is 5.32 Å². The molecule has 1 heterocycles. The van der Waals surface area contributed by atoms with Gasteiger partial charge >= 0.3 is 0 Å². The fraction of sp³-hybridized carbons (Fsp3) is 0.167. The van der Waals surface area contributed by atoms with Crippen molar-refractivity contribution in [2.24, 2.45) is 0 Å². The molecule has 2 aromatic rings. The van der Waals surface area contributed by atoms with Gasteiger partial charge in [0.2, 0.25) is 11.8 Å². The lowest BCUT2D eigenvalue weighted by atomic mass is 9.94. The monoisotopic (exact) mass is 384 g/mol. The van der Waals surface area contributed by atoms with Gasteiger partial charge in [-0.05, 0) is 42.0 Å². The van der Waals surface area contributed by atoms with Crippen LogP contribution in [-0.4, -0.2) is 35.9 Å². The smallest absolute Gasteiger partial charge is 0.269 e. The molecule has 2 amide bonds. The topological polar surface area (TPSA) is 95.8 Å². The number of non-ortho nitro benzene ring substituents is 1. The maximum absolute atomic E-state index is 13.0. The van der Waals surface area contributed by atoms with Gasteiger partial charge in [-0.3, -0.25) is 24.6 Å². The lowest BCUT2D eigenvalue weighted by Crippen LogP contribution is -2.57. The molecule has 0 spiro atoms. The van der Waals surface area contributed by atoms with E-state index in [1.165, 1.54) is 29.2 Å². The van der Waals surface area contributed by atoms with Crippen LogP contribution in [0.5, 0.6) is 0 Å². The van der Waals surface area contributed by atoms with Crippen LogP contribution in [0.4, 0.5) is 17.1 Å². The third kappa shape index (κ3) is 3.49. The predicted octanol–water partition coefficient (Wildman–Crippen LogP) is 2.19. The molecule has 1 atom stereocenters. The molecule has 1 aliphatic heterocycles. The summed E-state index contributed by atoms with van der Waals surface area (Å²) in [5.74, 6) is -2.06. The lowest BCUT2D eigenvalue weighted by molar-refractivity contribution is -0.384. The second-order valence-corrected chi connectivity index (χ2v) is 6.55. The van der Waals surface area contributed by atoms with Crippen molar-refractivity contribution in [3.05, 3.63) is 64.2 Å². The molecule has 9 heteroatoms. The van der Waals surface area contributed by atoms with Crippen molar-refractivity contribution in [2.45, 2.75) is 5.92 Å². The maximum Gasteiger partial charge on any atom is 0.269 e. The van der Waals surface area contributed by atoms with Gasteiger partial charge in [-0.25, -0.2) is 0 Å². The van der Waals surface area contributed by atoms with Gasteiger partial charge in [0.15, 0.2) is 5.11 Å². The molecule has 27 heavy (non-hydrogen) atoms. The quantitative estimate of drug-likeness (QED) is 0.376. The van der Waals surface area contributed by atoms with E-state index in [9.17, 15) is 19.7 Å². The molecule has 1 fully saturated rings. The summed E-state index contributed by atoms with van der Waals surface area (Å²) in [4.78, 5) is 38.8. The minimum Gasteiger partial charge on any atom is -0.378 e. The highest BCUT2D eigenvalue weighted by molar-refractivity contribution is 7.80. The van der Waals surface area contributed by atoms with E-state index >= 15 is 0 Å². The van der Waals surface area contributed by atoms with E-state index in [2.05, 4.69) is 5.32 Å². The molecular weight excluding hydrogens is 368 g/mol. The highest BCUT2D eigenvalue weighted by atomic mass is 32.1. The van der Waals surface area contributed by atoms with Crippen LogP contribution in [0.2, 0.25) is 0 Å². The van der Waals surface area contributed by atoms with Crippen molar-refractivity contribution in [1.29, 1.82) is 0 Å². The third-order valence-electron chi connectivity index (χ3n) is 4.22. The fourth-order valence-corrected chi connectivity index (χ4v) is 3.10. The number of nitrogens with zero attached hydrogens (tertiary/aromatic N) is 3. The number of nitro groups is 1.